The molecule has 7 aromatic rings. The summed E-state index contributed by atoms with van der Waals surface area (Å²) in [6, 6.07) is 7.79. The molecule has 0 unspecified atom stereocenters. The summed E-state index contributed by atoms with van der Waals surface area (Å²) in [5, 5.41) is -1.74. The van der Waals surface area contributed by atoms with Gasteiger partial charge in [-0.3, -0.25) is 46.0 Å². The number of hydrogen-bond donors (Lipinski definition) is 8. The summed E-state index contributed by atoms with van der Waals surface area (Å²) in [6.07, 6.45) is 0. The topological polar surface area (TPSA) is 588 Å². The lowest BCUT2D eigenvalue weighted by molar-refractivity contribution is 0.306. The third-order valence-electron chi connectivity index (χ3n) is 10.0. The van der Waals surface area contributed by atoms with E-state index in [1.807, 2.05) is 0 Å². The maximum atomic E-state index is 14.3. The van der Waals surface area contributed by atoms with Gasteiger partial charge in [-0.2, -0.15) is 67.3 Å². The molecular formula is C39H28O38S8. The molecule has 2 heterocycles. The van der Waals surface area contributed by atoms with Crippen molar-refractivity contribution in [2.24, 2.45) is 0 Å². The number of aryl methyl sites for hydroxylation is 2. The Kier molecular flexibility index (Phi) is 17.2. The fourth-order valence-electron chi connectivity index (χ4n) is 7.12. The standard InChI is InChI=1S/C39H28O38S8/c1-16-8-25(67-27-13-22-26(14-30(27)75-83(57,58)59)68-36(38(34(22)40)76-84(60,61)62)18-3-5-23(71-79(45,46)47)28(9-18)73-81(51,52)53)17(2)7-20(16)15-66-31-11-21(70-78(42,43)44)12-32-33(31)35(41)39(77-85(63,64)65)37(69-32)19-4-6-24(72-80(48,49)50)29(10-19)74-82(54,55)56/h3-14H,15H2,1-2H3,(H,42,43,44)(H,45,46,47)(H,48,49,50)(H,51,52,53)(H,54,55,56)(H,57,58,59)(H,60,61,62)(H,63,64,65). The highest BCUT2D eigenvalue weighted by Gasteiger charge is 2.31. The molecule has 0 saturated heterocycles. The van der Waals surface area contributed by atoms with Crippen LogP contribution in [0.2, 0.25) is 0 Å². The Morgan fingerprint density at radius 2 is 0.788 bits per heavy atom. The highest BCUT2D eigenvalue weighted by molar-refractivity contribution is 7.83. The molecule has 0 aliphatic rings. The van der Waals surface area contributed by atoms with E-state index in [1.54, 1.807) is 0 Å². The molecule has 0 bridgehead atoms. The van der Waals surface area contributed by atoms with Crippen molar-refractivity contribution in [1.29, 1.82) is 0 Å². The van der Waals surface area contributed by atoms with E-state index in [9.17, 15) is 104 Å². The lowest BCUT2D eigenvalue weighted by Crippen LogP contribution is -2.17. The van der Waals surface area contributed by atoms with Gasteiger partial charge in [0.05, 0.1) is 5.39 Å². The van der Waals surface area contributed by atoms with Crippen molar-refractivity contribution in [3.63, 3.8) is 0 Å². The molecule has 0 radical (unpaired) electrons. The first kappa shape index (κ1) is 64.4. The van der Waals surface area contributed by atoms with Gasteiger partial charge in [0.2, 0.25) is 22.4 Å². The van der Waals surface area contributed by atoms with Crippen LogP contribution in [0.1, 0.15) is 16.7 Å². The van der Waals surface area contributed by atoms with E-state index in [2.05, 4.69) is 33.5 Å². The van der Waals surface area contributed by atoms with E-state index < -0.39 is 203 Å². The Bertz CT molecular complexity index is 5030. The van der Waals surface area contributed by atoms with Crippen LogP contribution in [0.4, 0.5) is 0 Å². The van der Waals surface area contributed by atoms with Crippen molar-refractivity contribution in [3.05, 3.63) is 110 Å². The maximum Gasteiger partial charge on any atom is 0.446 e. The van der Waals surface area contributed by atoms with Gasteiger partial charge in [-0.25, -0.2) is 0 Å². The quantitative estimate of drug-likeness (QED) is 0.0427. The van der Waals surface area contributed by atoms with Crippen LogP contribution in [-0.4, -0.2) is 104 Å². The lowest BCUT2D eigenvalue weighted by atomic mass is 10.0. The van der Waals surface area contributed by atoms with Gasteiger partial charge in [-0.1, -0.05) is 0 Å². The Morgan fingerprint density at radius 3 is 1.24 bits per heavy atom. The van der Waals surface area contributed by atoms with Crippen LogP contribution in [0.25, 0.3) is 44.6 Å². The Morgan fingerprint density at radius 1 is 0.376 bits per heavy atom. The summed E-state index contributed by atoms with van der Waals surface area (Å²) in [6.45, 7) is 1.89. The van der Waals surface area contributed by atoms with Crippen molar-refractivity contribution in [1.82, 2.24) is 0 Å². The van der Waals surface area contributed by atoms with Crippen LogP contribution in [0, 0.1) is 13.8 Å². The van der Waals surface area contributed by atoms with Crippen molar-refractivity contribution in [3.8, 4) is 85.9 Å². The van der Waals surface area contributed by atoms with Gasteiger partial charge in [0.25, 0.3) is 0 Å². The average molecular weight is 1360 g/mol. The maximum absolute atomic E-state index is 14.3. The first-order valence-electron chi connectivity index (χ1n) is 21.0. The minimum atomic E-state index is -5.78. The molecule has 0 fully saturated rings. The Hall–Kier alpha value is -8.20. The molecule has 46 heteroatoms. The molecule has 8 N–H and O–H groups in total. The zero-order valence-electron chi connectivity index (χ0n) is 40.7. The fraction of sp³-hybridized carbons (Fsp3) is 0.0769. The van der Waals surface area contributed by atoms with Crippen molar-refractivity contribution >= 4 is 105 Å². The van der Waals surface area contributed by atoms with E-state index >= 15 is 0 Å². The summed E-state index contributed by atoms with van der Waals surface area (Å²) in [5.74, 6) is -14.3. The molecule has 0 aliphatic carbocycles. The highest BCUT2D eigenvalue weighted by atomic mass is 32.3. The van der Waals surface area contributed by atoms with Crippen LogP contribution in [0.15, 0.2) is 91.2 Å². The third-order valence-corrected chi connectivity index (χ3v) is 13.1. The SMILES string of the molecule is Cc1cc(Oc2cc3c(=O)c(OS(=O)(=O)O)c(-c4ccc(OS(=O)(=O)O)c(OS(=O)(=O)O)c4)oc3cc2OS(=O)(=O)O)c(C)cc1COc1cc(OS(=O)(=O)O)cc2oc(-c3ccc(OS(=O)(=O)O)c(OS(=O)(=O)O)c3)c(OS(=O)(=O)O)c(=O)c12. The van der Waals surface area contributed by atoms with Gasteiger partial charge >= 0.3 is 83.2 Å². The number of fused-ring (bicyclic) bond motifs is 2. The van der Waals surface area contributed by atoms with E-state index in [0.29, 0.717) is 60.7 Å². The zero-order chi connectivity index (χ0) is 63.5. The van der Waals surface area contributed by atoms with Gasteiger partial charge in [-0.15, -0.1) is 0 Å². The summed E-state index contributed by atoms with van der Waals surface area (Å²) in [5.41, 5.74) is -6.31. The largest absolute Gasteiger partial charge is 0.488 e. The van der Waals surface area contributed by atoms with E-state index in [1.165, 1.54) is 19.9 Å². The molecule has 38 nitrogen and oxygen atoms in total. The molecule has 0 amide bonds. The van der Waals surface area contributed by atoms with Crippen LogP contribution in [-0.2, 0) is 89.8 Å². The molecule has 0 atom stereocenters. The second kappa shape index (κ2) is 22.7. The molecule has 0 aliphatic heterocycles. The zero-order valence-corrected chi connectivity index (χ0v) is 47.3. The summed E-state index contributed by atoms with van der Waals surface area (Å²) >= 11 is 0. The van der Waals surface area contributed by atoms with Gasteiger partial charge in [0, 0.05) is 29.3 Å². The summed E-state index contributed by atoms with van der Waals surface area (Å²) < 4.78 is 322. The summed E-state index contributed by atoms with van der Waals surface area (Å²) in [7, 11) is -44.7. The van der Waals surface area contributed by atoms with E-state index in [4.69, 9.17) is 27.4 Å². The van der Waals surface area contributed by atoms with Crippen molar-refractivity contribution < 1.29 is 156 Å². The smallest absolute Gasteiger partial charge is 0.446 e. The van der Waals surface area contributed by atoms with Crippen molar-refractivity contribution in [2.45, 2.75) is 20.5 Å². The number of benzene rings is 5. The molecule has 85 heavy (non-hydrogen) atoms. The monoisotopic (exact) mass is 1360 g/mol. The predicted molar refractivity (Wildman–Crippen MR) is 274 cm³/mol. The van der Waals surface area contributed by atoms with Gasteiger partial charge in [0.1, 0.15) is 34.7 Å². The molecule has 2 aromatic heterocycles. The minimum Gasteiger partial charge on any atom is -0.488 e. The van der Waals surface area contributed by atoms with Crippen LogP contribution in [0.3, 0.4) is 0 Å². The molecular weight excluding hydrogens is 1330 g/mol. The second-order valence-corrected chi connectivity index (χ2v) is 24.3. The number of ether oxygens (including phenoxy) is 2. The van der Waals surface area contributed by atoms with Gasteiger partial charge in [-0.05, 0) is 85.1 Å². The molecule has 7 rings (SSSR count). The summed E-state index contributed by atoms with van der Waals surface area (Å²) in [4.78, 5) is 28.3. The third kappa shape index (κ3) is 17.2. The normalized spacial score (nSPS) is 12.8. The Balaban J connectivity index is 1.34. The van der Waals surface area contributed by atoms with Crippen molar-refractivity contribution in [2.75, 3.05) is 0 Å². The van der Waals surface area contributed by atoms with E-state index in [0.717, 1.165) is 6.07 Å². The lowest BCUT2D eigenvalue weighted by Gasteiger charge is -2.17. The fourth-order valence-corrected chi connectivity index (χ4v) is 9.99. The molecule has 5 aromatic carbocycles. The van der Waals surface area contributed by atoms with Gasteiger partial charge < -0.3 is 51.8 Å². The first-order chi connectivity index (χ1) is 38.7. The van der Waals surface area contributed by atoms with Gasteiger partial charge in [0.15, 0.2) is 51.8 Å². The molecule has 0 spiro atoms. The second-order valence-electron chi connectivity index (χ2n) is 16.1. The number of rotatable bonds is 23. The predicted octanol–water partition coefficient (Wildman–Crippen LogP) is 2.67. The Labute approximate surface area is 474 Å². The average Bonchev–Trinajstić information content (AvgIpc) is 0.955. The van der Waals surface area contributed by atoms with E-state index in [-0.39, 0.29) is 22.4 Å². The first-order valence-corrected chi connectivity index (χ1v) is 31.9. The number of hydrogen-bond acceptors (Lipinski definition) is 30. The van der Waals surface area contributed by atoms with Crippen LogP contribution >= 0.6 is 0 Å². The molecule has 460 valence electrons. The van der Waals surface area contributed by atoms with Crippen LogP contribution in [0.5, 0.6) is 63.2 Å². The highest BCUT2D eigenvalue weighted by Crippen LogP contribution is 2.44. The minimum absolute atomic E-state index is 0.0101. The molecule has 0 saturated carbocycles. The van der Waals surface area contributed by atoms with Crippen LogP contribution < -0.4 is 53.8 Å².